The molecule has 0 saturated heterocycles. The van der Waals surface area contributed by atoms with Crippen molar-refractivity contribution in [3.63, 3.8) is 0 Å². The number of allylic oxidation sites excluding steroid dienone is 8. The van der Waals surface area contributed by atoms with Crippen LogP contribution in [0.2, 0.25) is 0 Å². The SMILES string of the molecule is CC1C=CC2(C)C3=C1C(C)C1=C4C(C)(C5=C(CCC=C5c5cccc6ccc7oc8ccccc8c7c56)N(c5c(-c6c#cccc6)cccc52)C34C)c2ccccc21. The Morgan fingerprint density at radius 1 is 0.724 bits per heavy atom. The minimum atomic E-state index is -0.408. The lowest BCUT2D eigenvalue weighted by Gasteiger charge is -2.66. The number of anilines is 1. The van der Waals surface area contributed by atoms with Gasteiger partial charge in [0.15, 0.2) is 0 Å². The maximum Gasteiger partial charge on any atom is 0.136 e. The zero-order valence-electron chi connectivity index (χ0n) is 33.6. The highest BCUT2D eigenvalue weighted by Gasteiger charge is 2.67. The standard InChI is InChI=1S/C56H43NO/c1-32-30-31-54(3)42-25-14-21-36(34-16-7-6-8-17-34)51(42)57-43-26-15-23-38(37-22-13-18-35-28-29-45-49(48(35)37)40-20-10-12-27-44(40)58-45)50(43)55(4)41-24-11-9-19-39(41)47-33(2)46(32)52(54)56(57,5)53(47)55/h6-7,9-14,16,18-25,27-33H,15,26H2,1-5H3. The van der Waals surface area contributed by atoms with Crippen molar-refractivity contribution in [3.05, 3.63) is 196 Å². The van der Waals surface area contributed by atoms with Crippen LogP contribution in [0, 0.1) is 24.0 Å². The molecule has 7 aromatic rings. The lowest BCUT2D eigenvalue weighted by Crippen LogP contribution is -2.65. The lowest BCUT2D eigenvalue weighted by atomic mass is 9.47. The smallest absolute Gasteiger partial charge is 0.136 e. The van der Waals surface area contributed by atoms with Crippen molar-refractivity contribution in [3.8, 4) is 11.1 Å². The van der Waals surface area contributed by atoms with Gasteiger partial charge in [0.25, 0.3) is 0 Å². The van der Waals surface area contributed by atoms with Gasteiger partial charge in [-0.15, -0.1) is 0 Å². The second kappa shape index (κ2) is 10.8. The van der Waals surface area contributed by atoms with Crippen LogP contribution in [-0.4, -0.2) is 5.54 Å². The predicted octanol–water partition coefficient (Wildman–Crippen LogP) is 13.9. The highest BCUT2D eigenvalue weighted by atomic mass is 16.3. The fourth-order valence-corrected chi connectivity index (χ4v) is 13.5. The number of nitrogens with zero attached hydrogens (tertiary/aromatic N) is 1. The predicted molar refractivity (Wildman–Crippen MR) is 238 cm³/mol. The van der Waals surface area contributed by atoms with E-state index in [0.29, 0.717) is 5.92 Å². The molecule has 0 amide bonds. The summed E-state index contributed by atoms with van der Waals surface area (Å²) >= 11 is 0. The Kier molecular flexibility index (Phi) is 6.10. The first kappa shape index (κ1) is 32.8. The van der Waals surface area contributed by atoms with E-state index in [0.717, 1.165) is 29.6 Å². The molecule has 0 fully saturated rings. The molecule has 0 saturated carbocycles. The van der Waals surface area contributed by atoms with Gasteiger partial charge < -0.3 is 9.32 Å². The third kappa shape index (κ3) is 3.61. The first-order valence-corrected chi connectivity index (χ1v) is 21.2. The molecule has 2 nitrogen and oxygen atoms in total. The first-order valence-electron chi connectivity index (χ1n) is 21.2. The maximum absolute atomic E-state index is 6.56. The van der Waals surface area contributed by atoms with Crippen LogP contribution in [0.1, 0.15) is 69.7 Å². The molecule has 3 heterocycles. The van der Waals surface area contributed by atoms with E-state index >= 15 is 0 Å². The van der Waals surface area contributed by atoms with Gasteiger partial charge in [0.2, 0.25) is 0 Å². The van der Waals surface area contributed by atoms with Crippen LogP contribution in [-0.2, 0) is 10.8 Å². The summed E-state index contributed by atoms with van der Waals surface area (Å²) in [6.45, 7) is 12.7. The molecule has 0 radical (unpaired) electrons. The van der Waals surface area contributed by atoms with E-state index in [4.69, 9.17) is 4.42 Å². The van der Waals surface area contributed by atoms with Crippen LogP contribution < -0.4 is 4.90 Å². The van der Waals surface area contributed by atoms with Gasteiger partial charge in [-0.1, -0.05) is 141 Å². The third-order valence-corrected chi connectivity index (χ3v) is 15.4. The molecular formula is C56H43NO. The van der Waals surface area contributed by atoms with E-state index in [1.807, 2.05) is 6.07 Å². The summed E-state index contributed by atoms with van der Waals surface area (Å²) in [7, 11) is 0. The van der Waals surface area contributed by atoms with E-state index in [1.54, 1.807) is 16.7 Å². The van der Waals surface area contributed by atoms with E-state index in [-0.39, 0.29) is 16.7 Å². The number of para-hydroxylation sites is 2. The zero-order chi connectivity index (χ0) is 38.9. The maximum atomic E-state index is 6.56. The average Bonchev–Trinajstić information content (AvgIpc) is 3.77. The minimum Gasteiger partial charge on any atom is -0.456 e. The summed E-state index contributed by atoms with van der Waals surface area (Å²) in [5.41, 5.74) is 20.5. The normalized spacial score (nSPS) is 27.5. The Morgan fingerprint density at radius 2 is 1.52 bits per heavy atom. The number of fused-ring (bicyclic) bond motifs is 13. The van der Waals surface area contributed by atoms with Crippen LogP contribution in [0.3, 0.4) is 0 Å². The van der Waals surface area contributed by atoms with Crippen molar-refractivity contribution in [2.24, 2.45) is 11.8 Å². The van der Waals surface area contributed by atoms with E-state index in [9.17, 15) is 0 Å². The highest BCUT2D eigenvalue weighted by molar-refractivity contribution is 6.22. The van der Waals surface area contributed by atoms with Gasteiger partial charge in [0, 0.05) is 49.7 Å². The first-order chi connectivity index (χ1) is 28.3. The fourth-order valence-electron chi connectivity index (χ4n) is 13.5. The number of benzene rings is 5. The number of rotatable bonds is 2. The van der Waals surface area contributed by atoms with Gasteiger partial charge in [-0.05, 0) is 119 Å². The average molecular weight is 746 g/mol. The van der Waals surface area contributed by atoms with Crippen molar-refractivity contribution < 1.29 is 4.42 Å². The van der Waals surface area contributed by atoms with Gasteiger partial charge >= 0.3 is 0 Å². The monoisotopic (exact) mass is 745 g/mol. The molecule has 5 unspecified atom stereocenters. The van der Waals surface area contributed by atoms with Gasteiger partial charge in [0.1, 0.15) is 11.2 Å². The van der Waals surface area contributed by atoms with Crippen molar-refractivity contribution >= 4 is 49.5 Å². The molecule has 6 aliphatic rings. The Morgan fingerprint density at radius 3 is 2.40 bits per heavy atom. The quantitative estimate of drug-likeness (QED) is 0.164. The molecule has 278 valence electrons. The van der Waals surface area contributed by atoms with Crippen LogP contribution in [0.4, 0.5) is 5.69 Å². The Bertz CT molecular complexity index is 3200. The van der Waals surface area contributed by atoms with Crippen molar-refractivity contribution in [1.82, 2.24) is 0 Å². The van der Waals surface area contributed by atoms with Gasteiger partial charge in [-0.2, -0.15) is 0 Å². The molecule has 5 atom stereocenters. The number of hydrogen-bond donors (Lipinski definition) is 0. The Balaban J connectivity index is 1.22. The van der Waals surface area contributed by atoms with Gasteiger partial charge in [0.05, 0.1) is 11.2 Å². The minimum absolute atomic E-state index is 0.275. The molecule has 58 heavy (non-hydrogen) atoms. The highest BCUT2D eigenvalue weighted by Crippen LogP contribution is 2.74. The topological polar surface area (TPSA) is 16.4 Å². The molecule has 4 aliphatic carbocycles. The van der Waals surface area contributed by atoms with Crippen LogP contribution in [0.25, 0.3) is 55.0 Å². The van der Waals surface area contributed by atoms with Crippen LogP contribution >= 0.6 is 0 Å². The molecule has 2 aliphatic heterocycles. The molecule has 0 N–H and O–H groups in total. The van der Waals surface area contributed by atoms with Crippen molar-refractivity contribution in [2.45, 2.75) is 63.8 Å². The largest absolute Gasteiger partial charge is 0.456 e. The lowest BCUT2D eigenvalue weighted by molar-refractivity contribution is 0.387. The molecule has 1 aromatic heterocycles. The van der Waals surface area contributed by atoms with Gasteiger partial charge in [-0.25, -0.2) is 0 Å². The molecular weight excluding hydrogens is 703 g/mol. The van der Waals surface area contributed by atoms with E-state index < -0.39 is 5.54 Å². The Labute approximate surface area is 340 Å². The van der Waals surface area contributed by atoms with Gasteiger partial charge in [-0.3, -0.25) is 0 Å². The zero-order valence-corrected chi connectivity index (χ0v) is 33.6. The Hall–Kier alpha value is -6.30. The number of hydrogen-bond acceptors (Lipinski definition) is 2. The van der Waals surface area contributed by atoms with E-state index in [1.165, 1.54) is 77.5 Å². The summed E-state index contributed by atoms with van der Waals surface area (Å²) in [5.74, 6) is 0.614. The summed E-state index contributed by atoms with van der Waals surface area (Å²) in [6.07, 6.45) is 9.57. The van der Waals surface area contributed by atoms with Crippen molar-refractivity contribution in [1.29, 1.82) is 0 Å². The van der Waals surface area contributed by atoms with Crippen LogP contribution in [0.5, 0.6) is 0 Å². The summed E-state index contributed by atoms with van der Waals surface area (Å²) < 4.78 is 6.56. The summed E-state index contributed by atoms with van der Waals surface area (Å²) in [6, 6.07) is 49.5. The molecule has 6 aromatic carbocycles. The summed E-state index contributed by atoms with van der Waals surface area (Å²) in [5, 5.41) is 4.89. The molecule has 0 spiro atoms. The second-order valence-corrected chi connectivity index (χ2v) is 18.1. The van der Waals surface area contributed by atoms with E-state index in [2.05, 4.69) is 179 Å². The molecule has 2 heteroatoms. The van der Waals surface area contributed by atoms with Crippen molar-refractivity contribution in [2.75, 3.05) is 4.90 Å². The second-order valence-electron chi connectivity index (χ2n) is 18.1. The fraction of sp³-hybridized carbons (Fsp3) is 0.214. The molecule has 13 rings (SSSR count). The summed E-state index contributed by atoms with van der Waals surface area (Å²) in [4.78, 5) is 2.88. The number of furan rings is 1. The third-order valence-electron chi connectivity index (χ3n) is 15.4. The van der Waals surface area contributed by atoms with Crippen LogP contribution in [0.15, 0.2) is 166 Å². The molecule has 0 bridgehead atoms.